The summed E-state index contributed by atoms with van der Waals surface area (Å²) in [6.07, 6.45) is -0.497. The Kier molecular flexibility index (Phi) is 7.38. The molecule has 1 N–H and O–H groups in total. The summed E-state index contributed by atoms with van der Waals surface area (Å²) in [5, 5.41) is 2.94. The van der Waals surface area contributed by atoms with Crippen LogP contribution < -0.4 is 10.1 Å². The molecule has 0 saturated carbocycles. The molecule has 1 amide bonds. The van der Waals surface area contributed by atoms with E-state index >= 15 is 0 Å². The molecule has 3 nitrogen and oxygen atoms in total. The Morgan fingerprint density at radius 1 is 1.08 bits per heavy atom. The lowest BCUT2D eigenvalue weighted by atomic mass is 10.1. The van der Waals surface area contributed by atoms with Gasteiger partial charge in [0.1, 0.15) is 5.75 Å². The highest BCUT2D eigenvalue weighted by atomic mass is 32.2. The van der Waals surface area contributed by atoms with Crippen LogP contribution in [0.3, 0.4) is 0 Å². The first kappa shape index (κ1) is 19.4. The van der Waals surface area contributed by atoms with Gasteiger partial charge in [-0.15, -0.1) is 0 Å². The molecule has 134 valence electrons. The maximum absolute atomic E-state index is 12.1. The van der Waals surface area contributed by atoms with Crippen molar-refractivity contribution in [1.82, 2.24) is 5.32 Å². The monoisotopic (exact) mass is 357 g/mol. The third-order valence-corrected chi connectivity index (χ3v) is 4.80. The Balaban J connectivity index is 1.69. The number of ether oxygens (including phenoxy) is 1. The zero-order valence-corrected chi connectivity index (χ0v) is 16.3. The molecule has 4 heteroatoms. The topological polar surface area (TPSA) is 38.3 Å². The first-order valence-corrected chi connectivity index (χ1v) is 9.75. The van der Waals surface area contributed by atoms with Gasteiger partial charge in [0.2, 0.25) is 0 Å². The third kappa shape index (κ3) is 6.83. The average molecular weight is 358 g/mol. The molecule has 0 heterocycles. The summed E-state index contributed by atoms with van der Waals surface area (Å²) < 4.78 is 5.76. The van der Waals surface area contributed by atoms with Crippen molar-refractivity contribution in [1.29, 1.82) is 0 Å². The van der Waals surface area contributed by atoms with E-state index in [1.165, 1.54) is 11.1 Å². The van der Waals surface area contributed by atoms with E-state index < -0.39 is 6.10 Å². The van der Waals surface area contributed by atoms with Crippen LogP contribution >= 0.6 is 11.8 Å². The van der Waals surface area contributed by atoms with E-state index in [1.807, 2.05) is 37.7 Å². The Bertz CT molecular complexity index is 695. The van der Waals surface area contributed by atoms with Gasteiger partial charge in [0.05, 0.1) is 0 Å². The van der Waals surface area contributed by atoms with E-state index in [0.29, 0.717) is 6.54 Å². The summed E-state index contributed by atoms with van der Waals surface area (Å²) in [7, 11) is 0. The minimum atomic E-state index is -0.497. The lowest BCUT2D eigenvalue weighted by molar-refractivity contribution is -0.127. The van der Waals surface area contributed by atoms with Crippen LogP contribution in [0.4, 0.5) is 0 Å². The summed E-state index contributed by atoms with van der Waals surface area (Å²) in [5.74, 6) is 2.52. The SMILES string of the molecule is Cc1cccc(CSCCNC(=O)[C@H](C)Oc2cc(C)cc(C)c2)c1. The first-order chi connectivity index (χ1) is 11.9. The normalized spacial score (nSPS) is 11.8. The zero-order chi connectivity index (χ0) is 18.2. The molecule has 25 heavy (non-hydrogen) atoms. The number of aryl methyl sites for hydroxylation is 3. The van der Waals surface area contributed by atoms with E-state index in [0.717, 1.165) is 28.4 Å². The van der Waals surface area contributed by atoms with E-state index in [1.54, 1.807) is 6.92 Å². The van der Waals surface area contributed by atoms with E-state index in [-0.39, 0.29) is 5.91 Å². The van der Waals surface area contributed by atoms with Crippen LogP contribution in [0.2, 0.25) is 0 Å². The number of carbonyl (C=O) groups excluding carboxylic acids is 1. The lowest BCUT2D eigenvalue weighted by Crippen LogP contribution is -2.37. The van der Waals surface area contributed by atoms with Gasteiger partial charge in [0.15, 0.2) is 6.10 Å². The van der Waals surface area contributed by atoms with Crippen molar-refractivity contribution < 1.29 is 9.53 Å². The Labute approximate surface area is 155 Å². The molecule has 0 aliphatic rings. The summed E-state index contributed by atoms with van der Waals surface area (Å²) in [4.78, 5) is 12.1. The Hall–Kier alpha value is -1.94. The second-order valence-corrected chi connectivity index (χ2v) is 7.52. The van der Waals surface area contributed by atoms with Gasteiger partial charge in [-0.25, -0.2) is 0 Å². The molecule has 1 atom stereocenters. The molecule has 0 unspecified atom stereocenters. The molecule has 0 aliphatic heterocycles. The van der Waals surface area contributed by atoms with Crippen molar-refractivity contribution in [3.05, 3.63) is 64.7 Å². The second-order valence-electron chi connectivity index (χ2n) is 6.42. The molecule has 0 radical (unpaired) electrons. The fraction of sp³-hybridized carbons (Fsp3) is 0.381. The van der Waals surface area contributed by atoms with Crippen LogP contribution in [0.25, 0.3) is 0 Å². The molecule has 0 fully saturated rings. The van der Waals surface area contributed by atoms with Crippen LogP contribution in [0, 0.1) is 20.8 Å². The van der Waals surface area contributed by atoms with Crippen molar-refractivity contribution in [2.45, 2.75) is 39.6 Å². The quantitative estimate of drug-likeness (QED) is 0.710. The van der Waals surface area contributed by atoms with Crippen LogP contribution in [0.15, 0.2) is 42.5 Å². The zero-order valence-electron chi connectivity index (χ0n) is 15.5. The number of carbonyl (C=O) groups is 1. The smallest absolute Gasteiger partial charge is 0.260 e. The molecule has 0 aliphatic carbocycles. The summed E-state index contributed by atoms with van der Waals surface area (Å²) in [6, 6.07) is 14.5. The number of nitrogens with one attached hydrogen (secondary N) is 1. The molecule has 2 aromatic rings. The highest BCUT2D eigenvalue weighted by molar-refractivity contribution is 7.98. The van der Waals surface area contributed by atoms with Crippen LogP contribution in [-0.4, -0.2) is 24.3 Å². The van der Waals surface area contributed by atoms with Crippen molar-refractivity contribution >= 4 is 17.7 Å². The summed E-state index contributed by atoms with van der Waals surface area (Å²) in [6.45, 7) is 8.58. The predicted octanol–water partition coefficient (Wildman–Crippen LogP) is 4.43. The largest absolute Gasteiger partial charge is 0.481 e. The molecule has 0 saturated heterocycles. The molecule has 2 rings (SSSR count). The van der Waals surface area contributed by atoms with Gasteiger partial charge in [-0.3, -0.25) is 4.79 Å². The van der Waals surface area contributed by atoms with Crippen LogP contribution in [0.5, 0.6) is 5.75 Å². The van der Waals surface area contributed by atoms with Crippen molar-refractivity contribution in [2.75, 3.05) is 12.3 Å². The molecular formula is C21H27NO2S. The molecule has 0 aromatic heterocycles. The maximum Gasteiger partial charge on any atom is 0.260 e. The van der Waals surface area contributed by atoms with Gasteiger partial charge in [-0.05, 0) is 56.5 Å². The minimum Gasteiger partial charge on any atom is -0.481 e. The third-order valence-electron chi connectivity index (χ3n) is 3.77. The number of amides is 1. The van der Waals surface area contributed by atoms with Crippen molar-refractivity contribution in [3.63, 3.8) is 0 Å². The van der Waals surface area contributed by atoms with Gasteiger partial charge in [-0.1, -0.05) is 35.9 Å². The number of benzene rings is 2. The Morgan fingerprint density at radius 2 is 1.80 bits per heavy atom. The van der Waals surface area contributed by atoms with Gasteiger partial charge < -0.3 is 10.1 Å². The molecule has 0 spiro atoms. The Morgan fingerprint density at radius 3 is 2.48 bits per heavy atom. The predicted molar refractivity (Wildman–Crippen MR) is 106 cm³/mol. The van der Waals surface area contributed by atoms with Crippen molar-refractivity contribution in [2.24, 2.45) is 0 Å². The number of rotatable bonds is 8. The fourth-order valence-electron chi connectivity index (χ4n) is 2.64. The second kappa shape index (κ2) is 9.52. The minimum absolute atomic E-state index is 0.0738. The lowest BCUT2D eigenvalue weighted by Gasteiger charge is -2.15. The highest BCUT2D eigenvalue weighted by Crippen LogP contribution is 2.17. The highest BCUT2D eigenvalue weighted by Gasteiger charge is 2.14. The van der Waals surface area contributed by atoms with Gasteiger partial charge in [0, 0.05) is 18.1 Å². The van der Waals surface area contributed by atoms with Gasteiger partial charge in [-0.2, -0.15) is 11.8 Å². The van der Waals surface area contributed by atoms with Crippen LogP contribution in [-0.2, 0) is 10.5 Å². The first-order valence-electron chi connectivity index (χ1n) is 8.60. The average Bonchev–Trinajstić information content (AvgIpc) is 2.53. The molecule has 2 aromatic carbocycles. The van der Waals surface area contributed by atoms with E-state index in [2.05, 4.69) is 42.6 Å². The standard InChI is InChI=1S/C21H27NO2S/c1-15-6-5-7-19(11-15)14-25-9-8-22-21(23)18(4)24-20-12-16(2)10-17(3)13-20/h5-7,10-13,18H,8-9,14H2,1-4H3,(H,22,23)/t18-/m0/s1. The maximum atomic E-state index is 12.1. The summed E-state index contributed by atoms with van der Waals surface area (Å²) in [5.41, 5.74) is 4.87. The molecular weight excluding hydrogens is 330 g/mol. The van der Waals surface area contributed by atoms with E-state index in [9.17, 15) is 4.79 Å². The van der Waals surface area contributed by atoms with Gasteiger partial charge >= 0.3 is 0 Å². The number of hydrogen-bond donors (Lipinski definition) is 1. The van der Waals surface area contributed by atoms with E-state index in [4.69, 9.17) is 4.74 Å². The number of hydrogen-bond acceptors (Lipinski definition) is 3. The summed E-state index contributed by atoms with van der Waals surface area (Å²) >= 11 is 1.82. The fourth-order valence-corrected chi connectivity index (χ4v) is 3.45. The number of thioether (sulfide) groups is 1. The molecule has 0 bridgehead atoms. The van der Waals surface area contributed by atoms with Crippen LogP contribution in [0.1, 0.15) is 29.2 Å². The van der Waals surface area contributed by atoms with Crippen molar-refractivity contribution in [3.8, 4) is 5.75 Å². The van der Waals surface area contributed by atoms with Gasteiger partial charge in [0.25, 0.3) is 5.91 Å².